The summed E-state index contributed by atoms with van der Waals surface area (Å²) in [5, 5.41) is 9.99. The van der Waals surface area contributed by atoms with E-state index in [1.54, 1.807) is 23.1 Å². The molecule has 2 aliphatic rings. The third-order valence-electron chi connectivity index (χ3n) is 4.33. The number of thiocarbonyl (C=S) groups is 1. The Morgan fingerprint density at radius 2 is 2.08 bits per heavy atom. The quantitative estimate of drug-likeness (QED) is 0.611. The van der Waals surface area contributed by atoms with Crippen LogP contribution in [0.4, 0.5) is 0 Å². The lowest BCUT2D eigenvalue weighted by Crippen LogP contribution is -2.39. The number of methoxy groups -OCH3 is 1. The topological polar surface area (TPSA) is 49.8 Å². The van der Waals surface area contributed by atoms with E-state index in [4.69, 9.17) is 28.6 Å². The molecule has 1 heterocycles. The summed E-state index contributed by atoms with van der Waals surface area (Å²) in [5.74, 6) is 0.127. The van der Waals surface area contributed by atoms with E-state index in [1.807, 2.05) is 0 Å². The van der Waals surface area contributed by atoms with Crippen LogP contribution in [0.2, 0.25) is 5.02 Å². The first-order chi connectivity index (χ1) is 11.5. The minimum Gasteiger partial charge on any atom is -0.503 e. The average molecular weight is 384 g/mol. The second-order valence-electron chi connectivity index (χ2n) is 5.90. The van der Waals surface area contributed by atoms with Gasteiger partial charge in [0.05, 0.1) is 17.0 Å². The van der Waals surface area contributed by atoms with Crippen LogP contribution in [0.3, 0.4) is 0 Å². The maximum atomic E-state index is 12.8. The van der Waals surface area contributed by atoms with Gasteiger partial charge in [-0.15, -0.1) is 0 Å². The Morgan fingerprint density at radius 3 is 2.75 bits per heavy atom. The number of phenolic OH excluding ortho intramolecular Hbond substituents is 1. The van der Waals surface area contributed by atoms with Gasteiger partial charge in [0.25, 0.3) is 5.91 Å². The summed E-state index contributed by atoms with van der Waals surface area (Å²) in [4.78, 5) is 15.1. The Kier molecular flexibility index (Phi) is 5.37. The average Bonchev–Trinajstić information content (AvgIpc) is 2.85. The molecule has 1 amide bonds. The number of benzene rings is 1. The number of amides is 1. The first-order valence-electron chi connectivity index (χ1n) is 7.85. The summed E-state index contributed by atoms with van der Waals surface area (Å²) < 4.78 is 5.72. The largest absolute Gasteiger partial charge is 0.503 e. The van der Waals surface area contributed by atoms with Crippen molar-refractivity contribution in [3.05, 3.63) is 27.6 Å². The van der Waals surface area contributed by atoms with E-state index < -0.39 is 0 Å². The minimum absolute atomic E-state index is 0.0416. The Bertz CT molecular complexity index is 714. The summed E-state index contributed by atoms with van der Waals surface area (Å²) in [5.41, 5.74) is 0.693. The van der Waals surface area contributed by atoms with Gasteiger partial charge >= 0.3 is 0 Å². The number of hydrogen-bond acceptors (Lipinski definition) is 5. The van der Waals surface area contributed by atoms with E-state index in [2.05, 4.69) is 0 Å². The molecule has 1 aliphatic heterocycles. The first kappa shape index (κ1) is 17.6. The van der Waals surface area contributed by atoms with Crippen molar-refractivity contribution >= 4 is 51.9 Å². The standard InChI is InChI=1S/C17H18ClNO3S2/c1-22-13-8-10(7-12(18)15(13)20)9-14-16(21)19(17(23)24-14)11-5-3-2-4-6-11/h7-9,11,20H,2-6H2,1H3. The molecule has 2 fully saturated rings. The van der Waals surface area contributed by atoms with E-state index in [9.17, 15) is 9.90 Å². The molecule has 0 unspecified atom stereocenters. The molecule has 7 heteroatoms. The maximum Gasteiger partial charge on any atom is 0.266 e. The minimum atomic E-state index is -0.105. The fourth-order valence-corrected chi connectivity index (χ4v) is 4.74. The molecule has 1 N–H and O–H groups in total. The number of halogens is 1. The SMILES string of the molecule is COc1cc(C=C2SC(=S)N(C3CCCCC3)C2=O)cc(Cl)c1O. The molecule has 24 heavy (non-hydrogen) atoms. The molecule has 0 atom stereocenters. The number of phenols is 1. The highest BCUT2D eigenvalue weighted by molar-refractivity contribution is 8.26. The maximum absolute atomic E-state index is 12.8. The lowest BCUT2D eigenvalue weighted by molar-refractivity contribution is -0.124. The van der Waals surface area contributed by atoms with Gasteiger partial charge in [-0.25, -0.2) is 0 Å². The lowest BCUT2D eigenvalue weighted by Gasteiger charge is -2.29. The zero-order valence-corrected chi connectivity index (χ0v) is 15.6. The normalized spacial score (nSPS) is 20.9. The smallest absolute Gasteiger partial charge is 0.266 e. The van der Waals surface area contributed by atoms with Crippen LogP contribution in [0.15, 0.2) is 17.0 Å². The van der Waals surface area contributed by atoms with Crippen LogP contribution in [0, 0.1) is 0 Å². The summed E-state index contributed by atoms with van der Waals surface area (Å²) in [6.45, 7) is 0. The van der Waals surface area contributed by atoms with Gasteiger partial charge in [-0.1, -0.05) is 54.8 Å². The van der Waals surface area contributed by atoms with Crippen molar-refractivity contribution in [1.29, 1.82) is 0 Å². The predicted octanol–water partition coefficient (Wildman–Crippen LogP) is 4.59. The molecule has 3 rings (SSSR count). The van der Waals surface area contributed by atoms with Crippen LogP contribution in [0.1, 0.15) is 37.7 Å². The lowest BCUT2D eigenvalue weighted by atomic mass is 9.94. The Hall–Kier alpha value is -1.24. The van der Waals surface area contributed by atoms with Crippen molar-refractivity contribution < 1.29 is 14.6 Å². The number of rotatable bonds is 3. The number of hydrogen-bond donors (Lipinski definition) is 1. The molecule has 0 spiro atoms. The Labute approximate surface area is 155 Å². The fourth-order valence-electron chi connectivity index (χ4n) is 3.12. The van der Waals surface area contributed by atoms with E-state index in [0.29, 0.717) is 14.8 Å². The van der Waals surface area contributed by atoms with E-state index >= 15 is 0 Å². The molecule has 0 aromatic heterocycles. The summed E-state index contributed by atoms with van der Waals surface area (Å²) in [6.07, 6.45) is 7.29. The van der Waals surface area contributed by atoms with Gasteiger partial charge in [-0.05, 0) is 36.6 Å². The number of aromatic hydroxyl groups is 1. The van der Waals surface area contributed by atoms with E-state index in [0.717, 1.165) is 25.7 Å². The van der Waals surface area contributed by atoms with Crippen LogP contribution in [0.25, 0.3) is 6.08 Å². The Morgan fingerprint density at radius 1 is 1.38 bits per heavy atom. The van der Waals surface area contributed by atoms with Crippen molar-refractivity contribution in [1.82, 2.24) is 4.90 Å². The molecule has 1 aromatic carbocycles. The van der Waals surface area contributed by atoms with Crippen LogP contribution >= 0.6 is 35.6 Å². The second-order valence-corrected chi connectivity index (χ2v) is 7.98. The summed E-state index contributed by atoms with van der Waals surface area (Å²) >= 11 is 12.8. The van der Waals surface area contributed by atoms with Crippen molar-refractivity contribution in [3.8, 4) is 11.5 Å². The number of carbonyl (C=O) groups is 1. The third kappa shape index (κ3) is 3.41. The van der Waals surface area contributed by atoms with Crippen molar-refractivity contribution in [3.63, 3.8) is 0 Å². The van der Waals surface area contributed by atoms with E-state index in [1.165, 1.54) is 25.3 Å². The molecular formula is C17H18ClNO3S2. The molecule has 4 nitrogen and oxygen atoms in total. The van der Waals surface area contributed by atoms with Crippen LogP contribution in [-0.4, -0.2) is 33.4 Å². The van der Waals surface area contributed by atoms with Gasteiger partial charge in [0.15, 0.2) is 11.5 Å². The number of thioether (sulfide) groups is 1. The highest BCUT2D eigenvalue weighted by atomic mass is 35.5. The highest BCUT2D eigenvalue weighted by Gasteiger charge is 2.37. The van der Waals surface area contributed by atoms with Gasteiger partial charge in [-0.2, -0.15) is 0 Å². The molecule has 1 aromatic rings. The monoisotopic (exact) mass is 383 g/mol. The molecule has 1 saturated heterocycles. The molecular weight excluding hydrogens is 366 g/mol. The fraction of sp³-hybridized carbons (Fsp3) is 0.412. The van der Waals surface area contributed by atoms with Crippen molar-refractivity contribution in [2.75, 3.05) is 7.11 Å². The van der Waals surface area contributed by atoms with Gasteiger partial charge in [0.2, 0.25) is 0 Å². The van der Waals surface area contributed by atoms with E-state index in [-0.39, 0.29) is 28.5 Å². The Balaban J connectivity index is 1.87. The molecule has 1 saturated carbocycles. The second kappa shape index (κ2) is 7.33. The van der Waals surface area contributed by atoms with Gasteiger partial charge in [0, 0.05) is 6.04 Å². The van der Waals surface area contributed by atoms with Crippen LogP contribution in [-0.2, 0) is 4.79 Å². The zero-order valence-electron chi connectivity index (χ0n) is 13.3. The zero-order chi connectivity index (χ0) is 17.3. The highest BCUT2D eigenvalue weighted by Crippen LogP contribution is 2.39. The molecule has 0 bridgehead atoms. The molecule has 0 radical (unpaired) electrons. The summed E-state index contributed by atoms with van der Waals surface area (Å²) in [7, 11) is 1.46. The third-order valence-corrected chi connectivity index (χ3v) is 5.95. The molecule has 128 valence electrons. The molecule has 1 aliphatic carbocycles. The van der Waals surface area contributed by atoms with Crippen molar-refractivity contribution in [2.24, 2.45) is 0 Å². The van der Waals surface area contributed by atoms with Gasteiger partial charge < -0.3 is 9.84 Å². The predicted molar refractivity (Wildman–Crippen MR) is 102 cm³/mol. The van der Waals surface area contributed by atoms with Gasteiger partial charge in [0.1, 0.15) is 4.32 Å². The first-order valence-corrected chi connectivity index (χ1v) is 9.45. The number of nitrogens with zero attached hydrogens (tertiary/aromatic N) is 1. The van der Waals surface area contributed by atoms with Gasteiger partial charge in [-0.3, -0.25) is 9.69 Å². The summed E-state index contributed by atoms with van der Waals surface area (Å²) in [6, 6.07) is 3.47. The number of carbonyl (C=O) groups excluding carboxylic acids is 1. The van der Waals surface area contributed by atoms with Crippen LogP contribution in [0.5, 0.6) is 11.5 Å². The van der Waals surface area contributed by atoms with Crippen molar-refractivity contribution in [2.45, 2.75) is 38.1 Å². The van der Waals surface area contributed by atoms with Crippen LogP contribution < -0.4 is 4.74 Å². The number of ether oxygens (including phenoxy) is 1.